The van der Waals surface area contributed by atoms with Crippen LogP contribution in [0.25, 0.3) is 0 Å². The second-order valence-corrected chi connectivity index (χ2v) is 4.94. The summed E-state index contributed by atoms with van der Waals surface area (Å²) in [6.45, 7) is 5.42. The fourth-order valence-electron chi connectivity index (χ4n) is 1.33. The van der Waals surface area contributed by atoms with E-state index in [0.29, 0.717) is 12.5 Å². The Hall–Kier alpha value is -0.360. The minimum atomic E-state index is -4.05. The summed E-state index contributed by atoms with van der Waals surface area (Å²) < 4.78 is 53.0. The van der Waals surface area contributed by atoms with E-state index >= 15 is 0 Å². The number of rotatable bonds is 10. The van der Waals surface area contributed by atoms with Gasteiger partial charge in [0, 0.05) is 12.6 Å². The quantitative estimate of drug-likeness (QED) is 0.487. The molecule has 0 heterocycles. The summed E-state index contributed by atoms with van der Waals surface area (Å²) in [5, 5.41) is 3.10. The molecule has 0 amide bonds. The van der Waals surface area contributed by atoms with Gasteiger partial charge >= 0.3 is 12.3 Å². The van der Waals surface area contributed by atoms with Gasteiger partial charge in [0.1, 0.15) is 6.61 Å². The van der Waals surface area contributed by atoms with Crippen molar-refractivity contribution in [3.8, 4) is 0 Å². The average Bonchev–Trinajstić information content (AvgIpc) is 2.25. The highest BCUT2D eigenvalue weighted by Gasteiger charge is 2.40. The summed E-state index contributed by atoms with van der Waals surface area (Å²) >= 11 is 0. The normalized spacial score (nSPS) is 14.5. The van der Waals surface area contributed by atoms with Crippen LogP contribution in [0, 0.1) is 5.92 Å². The van der Waals surface area contributed by atoms with Crippen LogP contribution in [0.2, 0.25) is 0 Å². The lowest BCUT2D eigenvalue weighted by Gasteiger charge is -2.17. The molecule has 18 heavy (non-hydrogen) atoms. The van der Waals surface area contributed by atoms with E-state index in [-0.39, 0.29) is 12.6 Å². The monoisotopic (exact) mass is 273 g/mol. The molecule has 0 aliphatic rings. The molecule has 0 aliphatic heterocycles. The van der Waals surface area contributed by atoms with Crippen molar-refractivity contribution in [2.75, 3.05) is 19.8 Å². The molecule has 6 heteroatoms. The highest BCUT2D eigenvalue weighted by molar-refractivity contribution is 4.68. The maximum atomic E-state index is 12.4. The smallest absolute Gasteiger partial charge is 0.330 e. The molecule has 110 valence electrons. The number of ether oxygens (including phenoxy) is 1. The highest BCUT2D eigenvalue weighted by Crippen LogP contribution is 2.22. The highest BCUT2D eigenvalue weighted by atomic mass is 19.3. The minimum absolute atomic E-state index is 0.00826. The van der Waals surface area contributed by atoms with Crippen LogP contribution in [0.5, 0.6) is 0 Å². The Morgan fingerprint density at radius 3 is 2.22 bits per heavy atom. The summed E-state index contributed by atoms with van der Waals surface area (Å²) in [7, 11) is 0. The van der Waals surface area contributed by atoms with E-state index in [1.807, 2.05) is 6.92 Å². The molecule has 0 bridgehead atoms. The molecule has 0 fully saturated rings. The summed E-state index contributed by atoms with van der Waals surface area (Å²) in [6.07, 6.45) is -1.60. The number of alkyl halides is 4. The SMILES string of the molecule is CC(C)CCC(C)NCCOCC(F)(F)C(F)F. The first kappa shape index (κ1) is 17.6. The van der Waals surface area contributed by atoms with Crippen molar-refractivity contribution in [3.63, 3.8) is 0 Å². The van der Waals surface area contributed by atoms with Gasteiger partial charge < -0.3 is 10.1 Å². The topological polar surface area (TPSA) is 21.3 Å². The van der Waals surface area contributed by atoms with Crippen molar-refractivity contribution in [2.45, 2.75) is 52.0 Å². The zero-order valence-electron chi connectivity index (χ0n) is 11.2. The molecule has 0 spiro atoms. The van der Waals surface area contributed by atoms with Crippen molar-refractivity contribution >= 4 is 0 Å². The molecule has 1 unspecified atom stereocenters. The van der Waals surface area contributed by atoms with E-state index in [9.17, 15) is 17.6 Å². The minimum Gasteiger partial charge on any atom is -0.374 e. The third-order valence-corrected chi connectivity index (χ3v) is 2.53. The van der Waals surface area contributed by atoms with Gasteiger partial charge in [-0.25, -0.2) is 8.78 Å². The van der Waals surface area contributed by atoms with Gasteiger partial charge in [-0.05, 0) is 25.7 Å². The van der Waals surface area contributed by atoms with Crippen molar-refractivity contribution in [3.05, 3.63) is 0 Å². The molecule has 1 N–H and O–H groups in total. The van der Waals surface area contributed by atoms with Gasteiger partial charge in [0.15, 0.2) is 0 Å². The lowest BCUT2D eigenvalue weighted by atomic mass is 10.0. The predicted molar refractivity (Wildman–Crippen MR) is 63.3 cm³/mol. The first-order valence-corrected chi connectivity index (χ1v) is 6.22. The van der Waals surface area contributed by atoms with Crippen LogP contribution in [0.15, 0.2) is 0 Å². The predicted octanol–water partition coefficient (Wildman–Crippen LogP) is 3.32. The largest absolute Gasteiger partial charge is 0.374 e. The second kappa shape index (κ2) is 8.69. The van der Waals surface area contributed by atoms with Crippen LogP contribution in [0.4, 0.5) is 17.6 Å². The average molecular weight is 273 g/mol. The molecule has 2 nitrogen and oxygen atoms in total. The van der Waals surface area contributed by atoms with Crippen molar-refractivity contribution in [1.29, 1.82) is 0 Å². The van der Waals surface area contributed by atoms with Gasteiger partial charge in [-0.15, -0.1) is 0 Å². The van der Waals surface area contributed by atoms with Gasteiger partial charge in [0.05, 0.1) is 6.61 Å². The van der Waals surface area contributed by atoms with E-state index in [1.54, 1.807) is 0 Å². The first-order chi connectivity index (χ1) is 8.25. The Labute approximate surface area is 106 Å². The Bertz CT molecular complexity index is 212. The van der Waals surface area contributed by atoms with Crippen LogP contribution in [-0.4, -0.2) is 38.1 Å². The van der Waals surface area contributed by atoms with Gasteiger partial charge in [-0.1, -0.05) is 13.8 Å². The number of hydrogen-bond acceptors (Lipinski definition) is 2. The van der Waals surface area contributed by atoms with Crippen LogP contribution in [0.1, 0.15) is 33.6 Å². The fourth-order valence-corrected chi connectivity index (χ4v) is 1.33. The van der Waals surface area contributed by atoms with Gasteiger partial charge in [-0.3, -0.25) is 0 Å². The van der Waals surface area contributed by atoms with E-state index < -0.39 is 19.0 Å². The maximum absolute atomic E-state index is 12.4. The zero-order valence-corrected chi connectivity index (χ0v) is 11.2. The molecule has 0 rings (SSSR count). The maximum Gasteiger partial charge on any atom is 0.330 e. The third-order valence-electron chi connectivity index (χ3n) is 2.53. The summed E-state index contributed by atoms with van der Waals surface area (Å²) in [6, 6.07) is 0.270. The third kappa shape index (κ3) is 8.69. The van der Waals surface area contributed by atoms with Crippen molar-refractivity contribution < 1.29 is 22.3 Å². The lowest BCUT2D eigenvalue weighted by molar-refractivity contribution is -0.165. The second-order valence-electron chi connectivity index (χ2n) is 4.94. The van der Waals surface area contributed by atoms with E-state index in [0.717, 1.165) is 12.8 Å². The Morgan fingerprint density at radius 2 is 1.72 bits per heavy atom. The molecular weight excluding hydrogens is 250 g/mol. The molecule has 0 aromatic rings. The molecule has 0 saturated heterocycles. The number of nitrogens with one attached hydrogen (secondary N) is 1. The number of hydrogen-bond donors (Lipinski definition) is 1. The van der Waals surface area contributed by atoms with Gasteiger partial charge in [0.2, 0.25) is 0 Å². The van der Waals surface area contributed by atoms with E-state index in [1.165, 1.54) is 0 Å². The van der Waals surface area contributed by atoms with Crippen LogP contribution in [-0.2, 0) is 4.74 Å². The lowest BCUT2D eigenvalue weighted by Crippen LogP contribution is -2.35. The first-order valence-electron chi connectivity index (χ1n) is 6.22. The van der Waals surface area contributed by atoms with Crippen molar-refractivity contribution in [1.82, 2.24) is 5.32 Å². The molecule has 0 aliphatic carbocycles. The summed E-state index contributed by atoms with van der Waals surface area (Å²) in [5.74, 6) is -3.43. The number of halogens is 4. The Morgan fingerprint density at radius 1 is 1.11 bits per heavy atom. The van der Waals surface area contributed by atoms with E-state index in [2.05, 4.69) is 23.9 Å². The summed E-state index contributed by atoms with van der Waals surface area (Å²) in [5.41, 5.74) is 0. The molecular formula is C12H23F4NO. The van der Waals surface area contributed by atoms with Crippen LogP contribution < -0.4 is 5.32 Å². The molecule has 0 radical (unpaired) electrons. The van der Waals surface area contributed by atoms with Crippen LogP contribution >= 0.6 is 0 Å². The van der Waals surface area contributed by atoms with Crippen LogP contribution in [0.3, 0.4) is 0 Å². The molecule has 0 aromatic heterocycles. The fraction of sp³-hybridized carbons (Fsp3) is 1.00. The molecule has 0 aromatic carbocycles. The zero-order chi connectivity index (χ0) is 14.2. The van der Waals surface area contributed by atoms with E-state index in [4.69, 9.17) is 0 Å². The van der Waals surface area contributed by atoms with Gasteiger partial charge in [-0.2, -0.15) is 8.78 Å². The Kier molecular flexibility index (Phi) is 8.52. The standard InChI is InChI=1S/C12H23F4NO/c1-9(2)4-5-10(3)17-6-7-18-8-12(15,16)11(13)14/h9-11,17H,4-8H2,1-3H3. The summed E-state index contributed by atoms with van der Waals surface area (Å²) in [4.78, 5) is 0. The Balaban J connectivity index is 3.51. The van der Waals surface area contributed by atoms with Crippen molar-refractivity contribution in [2.24, 2.45) is 5.92 Å². The molecule has 0 saturated carbocycles. The molecule has 1 atom stereocenters. The van der Waals surface area contributed by atoms with Gasteiger partial charge in [0.25, 0.3) is 0 Å².